The second-order valence-corrected chi connectivity index (χ2v) is 5.59. The van der Waals surface area contributed by atoms with Crippen LogP contribution < -0.4 is 0 Å². The second-order valence-electron chi connectivity index (χ2n) is 4.42. The quantitative estimate of drug-likeness (QED) is 0.746. The highest BCUT2D eigenvalue weighted by molar-refractivity contribution is 8.00. The van der Waals surface area contributed by atoms with Gasteiger partial charge in [0.2, 0.25) is 0 Å². The average Bonchev–Trinajstić information content (AvgIpc) is 2.81. The van der Waals surface area contributed by atoms with E-state index in [1.165, 1.54) is 31.0 Å². The third kappa shape index (κ3) is 2.18. The van der Waals surface area contributed by atoms with E-state index in [0.717, 1.165) is 30.4 Å². The van der Waals surface area contributed by atoms with Crippen molar-refractivity contribution in [1.29, 1.82) is 0 Å². The number of thioether (sulfide) groups is 1. The molecule has 2 aliphatic rings. The van der Waals surface area contributed by atoms with Crippen LogP contribution in [0.5, 0.6) is 0 Å². The largest absolute Gasteiger partial charge is 0.465 e. The van der Waals surface area contributed by atoms with Crippen molar-refractivity contribution in [2.45, 2.75) is 49.1 Å². The lowest BCUT2D eigenvalue weighted by molar-refractivity contribution is -0.137. The Hall–Kier alpha value is -1.04. The molecule has 1 aromatic heterocycles. The lowest BCUT2D eigenvalue weighted by Crippen LogP contribution is -2.11. The van der Waals surface area contributed by atoms with Crippen molar-refractivity contribution in [1.82, 2.24) is 14.8 Å². The highest BCUT2D eigenvalue weighted by Gasteiger charge is 2.30. The van der Waals surface area contributed by atoms with Crippen LogP contribution in [0.2, 0.25) is 0 Å². The summed E-state index contributed by atoms with van der Waals surface area (Å²) in [5.41, 5.74) is 0. The van der Waals surface area contributed by atoms with Gasteiger partial charge in [-0.25, -0.2) is 0 Å². The van der Waals surface area contributed by atoms with Gasteiger partial charge in [-0.3, -0.25) is 4.79 Å². The molecule has 0 saturated carbocycles. The van der Waals surface area contributed by atoms with E-state index in [4.69, 9.17) is 4.74 Å². The van der Waals surface area contributed by atoms with Crippen LogP contribution in [0.25, 0.3) is 0 Å². The van der Waals surface area contributed by atoms with Gasteiger partial charge < -0.3 is 9.30 Å². The molecule has 92 valence electrons. The Bertz CT molecular complexity index is 432. The molecule has 0 amide bonds. The topological polar surface area (TPSA) is 57.0 Å². The number of aryl methyl sites for hydroxylation is 1. The Labute approximate surface area is 104 Å². The minimum atomic E-state index is -0.110. The molecule has 1 saturated heterocycles. The predicted molar refractivity (Wildman–Crippen MR) is 62.8 cm³/mol. The minimum absolute atomic E-state index is 0.0912. The summed E-state index contributed by atoms with van der Waals surface area (Å²) < 4.78 is 7.14. The minimum Gasteiger partial charge on any atom is -0.465 e. The van der Waals surface area contributed by atoms with Crippen molar-refractivity contribution in [2.75, 3.05) is 6.61 Å². The number of fused-ring (bicyclic) bond motifs is 1. The van der Waals surface area contributed by atoms with Crippen LogP contribution in [0.4, 0.5) is 0 Å². The first-order chi connectivity index (χ1) is 8.34. The van der Waals surface area contributed by atoms with Crippen LogP contribution in [-0.2, 0) is 22.5 Å². The van der Waals surface area contributed by atoms with Gasteiger partial charge in [0, 0.05) is 19.4 Å². The second kappa shape index (κ2) is 4.68. The maximum Gasteiger partial charge on any atom is 0.319 e. The first-order valence-electron chi connectivity index (χ1n) is 6.10. The number of esters is 1. The molecule has 0 spiro atoms. The molecule has 17 heavy (non-hydrogen) atoms. The number of carbonyl (C=O) groups excluding carboxylic acids is 1. The number of nitrogens with zero attached hydrogens (tertiary/aromatic N) is 3. The fourth-order valence-electron chi connectivity index (χ4n) is 2.26. The van der Waals surface area contributed by atoms with Crippen molar-refractivity contribution < 1.29 is 9.53 Å². The van der Waals surface area contributed by atoms with Crippen LogP contribution in [0, 0.1) is 0 Å². The maximum absolute atomic E-state index is 11.4. The molecule has 5 nitrogen and oxygen atoms in total. The van der Waals surface area contributed by atoms with Crippen LogP contribution in [0.3, 0.4) is 0 Å². The van der Waals surface area contributed by atoms with Gasteiger partial charge >= 0.3 is 5.97 Å². The van der Waals surface area contributed by atoms with E-state index >= 15 is 0 Å². The third-order valence-electron chi connectivity index (χ3n) is 3.21. The molecule has 0 aromatic carbocycles. The van der Waals surface area contributed by atoms with E-state index in [9.17, 15) is 4.79 Å². The van der Waals surface area contributed by atoms with Crippen molar-refractivity contribution in [3.05, 3.63) is 5.82 Å². The van der Waals surface area contributed by atoms with Gasteiger partial charge in [-0.2, -0.15) is 0 Å². The Morgan fingerprint density at radius 3 is 3.06 bits per heavy atom. The highest BCUT2D eigenvalue weighted by Crippen LogP contribution is 2.29. The van der Waals surface area contributed by atoms with E-state index in [1.54, 1.807) is 0 Å². The van der Waals surface area contributed by atoms with Crippen LogP contribution in [0.1, 0.15) is 31.5 Å². The maximum atomic E-state index is 11.4. The number of carbonyl (C=O) groups is 1. The first kappa shape index (κ1) is 11.1. The van der Waals surface area contributed by atoms with Crippen molar-refractivity contribution in [2.24, 2.45) is 0 Å². The smallest absolute Gasteiger partial charge is 0.319 e. The number of hydrogen-bond acceptors (Lipinski definition) is 5. The molecular formula is C11H15N3O2S. The molecule has 0 aliphatic carbocycles. The molecule has 1 fully saturated rings. The zero-order chi connectivity index (χ0) is 11.7. The Balaban J connectivity index is 1.79. The zero-order valence-corrected chi connectivity index (χ0v) is 10.4. The van der Waals surface area contributed by atoms with Crippen LogP contribution in [-0.4, -0.2) is 32.6 Å². The van der Waals surface area contributed by atoms with Gasteiger partial charge in [0.15, 0.2) is 5.16 Å². The number of aromatic nitrogens is 3. The van der Waals surface area contributed by atoms with Gasteiger partial charge in [0.05, 0.1) is 6.61 Å². The van der Waals surface area contributed by atoms with Gasteiger partial charge in [-0.15, -0.1) is 10.2 Å². The molecule has 6 heteroatoms. The highest BCUT2D eigenvalue weighted by atomic mass is 32.2. The fraction of sp³-hybridized carbons (Fsp3) is 0.727. The molecular weight excluding hydrogens is 238 g/mol. The summed E-state index contributed by atoms with van der Waals surface area (Å²) in [4.78, 5) is 11.4. The van der Waals surface area contributed by atoms with Crippen LogP contribution in [0.15, 0.2) is 5.16 Å². The molecule has 2 aliphatic heterocycles. The average molecular weight is 253 g/mol. The van der Waals surface area contributed by atoms with Gasteiger partial charge in [0.1, 0.15) is 11.1 Å². The number of cyclic esters (lactones) is 1. The summed E-state index contributed by atoms with van der Waals surface area (Å²) in [6, 6.07) is 0. The van der Waals surface area contributed by atoms with Crippen molar-refractivity contribution in [3.8, 4) is 0 Å². The molecule has 1 atom stereocenters. The molecule has 0 N–H and O–H groups in total. The number of hydrogen-bond donors (Lipinski definition) is 0. The number of rotatable bonds is 2. The Morgan fingerprint density at radius 2 is 2.24 bits per heavy atom. The molecule has 3 heterocycles. The van der Waals surface area contributed by atoms with E-state index in [1.807, 2.05) is 0 Å². The van der Waals surface area contributed by atoms with E-state index in [0.29, 0.717) is 6.61 Å². The summed E-state index contributed by atoms with van der Waals surface area (Å²) >= 11 is 1.50. The summed E-state index contributed by atoms with van der Waals surface area (Å²) in [5.74, 6) is 0.956. The van der Waals surface area contributed by atoms with E-state index in [2.05, 4.69) is 14.8 Å². The van der Waals surface area contributed by atoms with Crippen molar-refractivity contribution >= 4 is 17.7 Å². The third-order valence-corrected chi connectivity index (χ3v) is 4.44. The summed E-state index contributed by atoms with van der Waals surface area (Å²) in [7, 11) is 0. The zero-order valence-electron chi connectivity index (χ0n) is 9.59. The molecule has 0 bridgehead atoms. The standard InChI is InChI=1S/C11H15N3O2S/c15-10-8(5-7-16-10)17-11-13-12-9-4-2-1-3-6-14(9)11/h8H,1-7H2/t8-/m0/s1. The van der Waals surface area contributed by atoms with Gasteiger partial charge in [-0.1, -0.05) is 18.2 Å². The van der Waals surface area contributed by atoms with Gasteiger partial charge in [-0.05, 0) is 12.8 Å². The first-order valence-corrected chi connectivity index (χ1v) is 6.98. The summed E-state index contributed by atoms with van der Waals surface area (Å²) in [6.07, 6.45) is 5.40. The lowest BCUT2D eigenvalue weighted by Gasteiger charge is -2.08. The monoisotopic (exact) mass is 253 g/mol. The van der Waals surface area contributed by atoms with Gasteiger partial charge in [0.25, 0.3) is 0 Å². The van der Waals surface area contributed by atoms with E-state index < -0.39 is 0 Å². The molecule has 0 unspecified atom stereocenters. The Kier molecular flexibility index (Phi) is 3.05. The Morgan fingerprint density at radius 1 is 1.29 bits per heavy atom. The predicted octanol–water partition coefficient (Wildman–Crippen LogP) is 1.41. The molecule has 3 rings (SSSR count). The van der Waals surface area contributed by atoms with Crippen LogP contribution >= 0.6 is 11.8 Å². The normalized spacial score (nSPS) is 24.2. The van der Waals surface area contributed by atoms with Crippen molar-refractivity contribution in [3.63, 3.8) is 0 Å². The molecule has 1 aromatic rings. The summed E-state index contributed by atoms with van der Waals surface area (Å²) in [5, 5.41) is 9.22. The number of ether oxygens (including phenoxy) is 1. The lowest BCUT2D eigenvalue weighted by atomic mass is 10.2. The SMILES string of the molecule is O=C1OCC[C@@H]1Sc1nnc2n1CCCCC2. The van der Waals surface area contributed by atoms with E-state index in [-0.39, 0.29) is 11.2 Å². The molecule has 0 radical (unpaired) electrons. The fourth-order valence-corrected chi connectivity index (χ4v) is 3.30. The summed E-state index contributed by atoms with van der Waals surface area (Å²) in [6.45, 7) is 1.52.